The number of amides is 1. The molecular formula is C26H28N2O3S. The summed E-state index contributed by atoms with van der Waals surface area (Å²) in [4.78, 5) is 19.3. The molecule has 0 spiro atoms. The lowest BCUT2D eigenvalue weighted by molar-refractivity contribution is 0.102. The molecule has 1 amide bonds. The number of carbonyl (C=O) groups is 1. The van der Waals surface area contributed by atoms with Crippen molar-refractivity contribution in [1.82, 2.24) is 0 Å². The third kappa shape index (κ3) is 5.19. The van der Waals surface area contributed by atoms with Crippen LogP contribution in [-0.2, 0) is 12.8 Å². The zero-order valence-electron chi connectivity index (χ0n) is 18.3. The monoisotopic (exact) mass is 448 g/mol. The van der Waals surface area contributed by atoms with Gasteiger partial charge in [-0.2, -0.15) is 0 Å². The zero-order chi connectivity index (χ0) is 22.3. The molecule has 32 heavy (non-hydrogen) atoms. The van der Waals surface area contributed by atoms with E-state index in [9.17, 15) is 9.90 Å². The molecule has 0 unspecified atom stereocenters. The number of aromatic hydroxyl groups is 1. The number of nitrogens with one attached hydrogen (secondary N) is 1. The number of ether oxygens (including phenoxy) is 1. The third-order valence-electron chi connectivity index (χ3n) is 5.53. The number of carbonyl (C=O) groups excluding carboxylic acids is 1. The third-order valence-corrected chi connectivity index (χ3v) is 6.73. The molecule has 0 radical (unpaired) electrons. The summed E-state index contributed by atoms with van der Waals surface area (Å²) in [5.41, 5.74) is 3.42. The highest BCUT2D eigenvalue weighted by Gasteiger charge is 2.24. The first-order chi connectivity index (χ1) is 15.7. The van der Waals surface area contributed by atoms with E-state index >= 15 is 0 Å². The van der Waals surface area contributed by atoms with E-state index in [-0.39, 0.29) is 11.7 Å². The van der Waals surface area contributed by atoms with Gasteiger partial charge < -0.3 is 15.2 Å². The van der Waals surface area contributed by atoms with Gasteiger partial charge in [-0.15, -0.1) is 11.3 Å². The van der Waals surface area contributed by atoms with E-state index in [1.165, 1.54) is 17.7 Å². The van der Waals surface area contributed by atoms with Crippen molar-refractivity contribution in [2.75, 3.05) is 11.9 Å². The second-order valence-corrected chi connectivity index (χ2v) is 8.92. The van der Waals surface area contributed by atoms with E-state index in [1.807, 2.05) is 37.3 Å². The van der Waals surface area contributed by atoms with Gasteiger partial charge in [-0.25, -0.2) is 4.99 Å². The maximum Gasteiger partial charge on any atom is 0.259 e. The number of aliphatic imine (C=N–C) groups is 1. The number of thiophene rings is 1. The van der Waals surface area contributed by atoms with Gasteiger partial charge in [0, 0.05) is 16.8 Å². The Labute approximate surface area is 192 Å². The number of phenolic OH excluding ortho intramolecular Hbond substituents is 1. The highest BCUT2D eigenvalue weighted by molar-refractivity contribution is 7.16. The van der Waals surface area contributed by atoms with Crippen LogP contribution in [0.3, 0.4) is 0 Å². The second kappa shape index (κ2) is 10.5. The summed E-state index contributed by atoms with van der Waals surface area (Å²) in [7, 11) is 0. The number of aryl methyl sites for hydroxylation is 1. The fourth-order valence-corrected chi connectivity index (χ4v) is 5.19. The van der Waals surface area contributed by atoms with Crippen LogP contribution in [0.2, 0.25) is 0 Å². The van der Waals surface area contributed by atoms with Gasteiger partial charge in [0.25, 0.3) is 5.91 Å². The van der Waals surface area contributed by atoms with E-state index < -0.39 is 0 Å². The van der Waals surface area contributed by atoms with Crippen molar-refractivity contribution in [3.05, 3.63) is 70.1 Å². The van der Waals surface area contributed by atoms with Gasteiger partial charge in [0.1, 0.15) is 5.00 Å². The van der Waals surface area contributed by atoms with Gasteiger partial charge in [0.15, 0.2) is 11.5 Å². The van der Waals surface area contributed by atoms with Crippen molar-refractivity contribution in [2.24, 2.45) is 4.99 Å². The number of hydrogen-bond donors (Lipinski definition) is 2. The Morgan fingerprint density at radius 1 is 1.12 bits per heavy atom. The summed E-state index contributed by atoms with van der Waals surface area (Å²) in [6, 6.07) is 14.7. The Kier molecular flexibility index (Phi) is 7.22. The van der Waals surface area contributed by atoms with Crippen molar-refractivity contribution in [1.29, 1.82) is 0 Å². The standard InChI is InChI=1S/C26H28N2O3S/c1-2-31-22-16-18(14-15-21(22)29)17-27-26-24(25(30)28-19-10-6-5-7-11-19)20-12-8-3-4-9-13-23(20)32-26/h5-7,10-11,14-17,29H,2-4,8-9,12-13H2,1H3,(H,28,30). The fourth-order valence-electron chi connectivity index (χ4n) is 3.96. The van der Waals surface area contributed by atoms with Crippen molar-refractivity contribution < 1.29 is 14.6 Å². The summed E-state index contributed by atoms with van der Waals surface area (Å²) >= 11 is 1.62. The normalized spacial score (nSPS) is 13.9. The van der Waals surface area contributed by atoms with Crippen LogP contribution in [0.4, 0.5) is 10.7 Å². The van der Waals surface area contributed by atoms with Crippen molar-refractivity contribution in [2.45, 2.75) is 45.4 Å². The molecule has 5 nitrogen and oxygen atoms in total. The molecule has 0 aliphatic heterocycles. The van der Waals surface area contributed by atoms with Gasteiger partial charge in [-0.1, -0.05) is 31.0 Å². The number of hydrogen-bond acceptors (Lipinski definition) is 5. The van der Waals surface area contributed by atoms with Crippen molar-refractivity contribution in [3.63, 3.8) is 0 Å². The minimum absolute atomic E-state index is 0.103. The Morgan fingerprint density at radius 2 is 1.91 bits per heavy atom. The number of para-hydroxylation sites is 1. The van der Waals surface area contributed by atoms with E-state index in [2.05, 4.69) is 5.32 Å². The maximum atomic E-state index is 13.3. The maximum absolute atomic E-state index is 13.3. The number of phenols is 1. The Morgan fingerprint density at radius 3 is 2.69 bits per heavy atom. The molecule has 0 bridgehead atoms. The Balaban J connectivity index is 1.69. The average Bonchev–Trinajstić information content (AvgIpc) is 3.11. The van der Waals surface area contributed by atoms with Crippen LogP contribution in [0.15, 0.2) is 53.5 Å². The molecule has 6 heteroatoms. The molecule has 0 saturated carbocycles. The lowest BCUT2D eigenvalue weighted by Gasteiger charge is -2.12. The van der Waals surface area contributed by atoms with Crippen LogP contribution in [-0.4, -0.2) is 23.8 Å². The Hall–Kier alpha value is -3.12. The van der Waals surface area contributed by atoms with Crippen LogP contribution < -0.4 is 10.1 Å². The molecule has 4 rings (SSSR count). The van der Waals surface area contributed by atoms with Gasteiger partial charge in [-0.05, 0) is 74.1 Å². The highest BCUT2D eigenvalue weighted by atomic mass is 32.1. The van der Waals surface area contributed by atoms with Crippen LogP contribution in [0.5, 0.6) is 11.5 Å². The molecule has 1 heterocycles. The minimum atomic E-state index is -0.109. The molecular weight excluding hydrogens is 420 g/mol. The quantitative estimate of drug-likeness (QED) is 0.422. The topological polar surface area (TPSA) is 70.9 Å². The lowest BCUT2D eigenvalue weighted by atomic mass is 9.96. The second-order valence-electron chi connectivity index (χ2n) is 7.84. The Bertz CT molecular complexity index is 1110. The van der Waals surface area contributed by atoms with E-state index in [1.54, 1.807) is 35.8 Å². The SMILES string of the molecule is CCOc1cc(C=Nc2sc3c(c2C(=O)Nc2ccccc2)CCCCCC3)ccc1O. The van der Waals surface area contributed by atoms with Gasteiger partial charge in [0.05, 0.1) is 12.2 Å². The number of anilines is 1. The van der Waals surface area contributed by atoms with Gasteiger partial charge in [0.2, 0.25) is 0 Å². The zero-order valence-corrected chi connectivity index (χ0v) is 19.1. The molecule has 3 aromatic rings. The molecule has 0 atom stereocenters. The van der Waals surface area contributed by atoms with Crippen molar-refractivity contribution in [3.8, 4) is 11.5 Å². The van der Waals surface area contributed by atoms with Crippen molar-refractivity contribution >= 4 is 34.1 Å². The molecule has 0 saturated heterocycles. The molecule has 2 aromatic carbocycles. The molecule has 1 aromatic heterocycles. The molecule has 2 N–H and O–H groups in total. The van der Waals surface area contributed by atoms with Crippen LogP contribution in [0.1, 0.15) is 59.0 Å². The predicted octanol–water partition coefficient (Wildman–Crippen LogP) is 6.51. The largest absolute Gasteiger partial charge is 0.504 e. The molecule has 166 valence electrons. The summed E-state index contributed by atoms with van der Waals surface area (Å²) in [6.07, 6.45) is 8.30. The highest BCUT2D eigenvalue weighted by Crippen LogP contribution is 2.39. The number of benzene rings is 2. The van der Waals surface area contributed by atoms with Crippen LogP contribution in [0, 0.1) is 0 Å². The van der Waals surface area contributed by atoms with Crippen LogP contribution >= 0.6 is 11.3 Å². The average molecular weight is 449 g/mol. The number of nitrogens with zero attached hydrogens (tertiary/aromatic N) is 1. The van der Waals surface area contributed by atoms with Gasteiger partial charge in [-0.3, -0.25) is 4.79 Å². The minimum Gasteiger partial charge on any atom is -0.504 e. The summed E-state index contributed by atoms with van der Waals surface area (Å²) in [6.45, 7) is 2.34. The predicted molar refractivity (Wildman–Crippen MR) is 131 cm³/mol. The lowest BCUT2D eigenvalue weighted by Crippen LogP contribution is -2.14. The summed E-state index contributed by atoms with van der Waals surface area (Å²) in [5, 5.41) is 13.7. The first kappa shape index (κ1) is 22.1. The van der Waals surface area contributed by atoms with Crippen LogP contribution in [0.25, 0.3) is 0 Å². The number of rotatable bonds is 6. The molecule has 1 aliphatic rings. The van der Waals surface area contributed by atoms with E-state index in [0.29, 0.717) is 17.9 Å². The first-order valence-corrected chi connectivity index (χ1v) is 12.0. The number of fused-ring (bicyclic) bond motifs is 1. The van der Waals surface area contributed by atoms with E-state index in [0.717, 1.165) is 47.5 Å². The molecule has 1 aliphatic carbocycles. The summed E-state index contributed by atoms with van der Waals surface area (Å²) in [5.74, 6) is 0.421. The fraction of sp³-hybridized carbons (Fsp3) is 0.308. The first-order valence-electron chi connectivity index (χ1n) is 11.2. The van der Waals surface area contributed by atoms with E-state index in [4.69, 9.17) is 9.73 Å². The molecule has 0 fully saturated rings. The smallest absolute Gasteiger partial charge is 0.259 e. The van der Waals surface area contributed by atoms with Gasteiger partial charge >= 0.3 is 0 Å². The summed E-state index contributed by atoms with van der Waals surface area (Å²) < 4.78 is 5.48.